The molecule has 1 aliphatic heterocycles. The molecule has 4 rings (SSSR count). The second-order valence-corrected chi connectivity index (χ2v) is 10.4. The van der Waals surface area contributed by atoms with Crippen LogP contribution >= 0.6 is 11.6 Å². The fourth-order valence-electron chi connectivity index (χ4n) is 3.67. The van der Waals surface area contributed by atoms with Gasteiger partial charge in [-0.25, -0.2) is 4.79 Å². The largest absolute Gasteiger partial charge is 0.611 e. The van der Waals surface area contributed by atoms with Crippen molar-refractivity contribution in [3.8, 4) is 0 Å². The van der Waals surface area contributed by atoms with Crippen LogP contribution in [0.25, 0.3) is 0 Å². The molecule has 2 amide bonds. The summed E-state index contributed by atoms with van der Waals surface area (Å²) in [6.45, 7) is 2.05. The van der Waals surface area contributed by atoms with Gasteiger partial charge in [-0.3, -0.25) is 14.9 Å². The quantitative estimate of drug-likeness (QED) is 0.493. The molecule has 10 heteroatoms. The minimum atomic E-state index is -1.06. The first-order valence-corrected chi connectivity index (χ1v) is 12.1. The van der Waals surface area contributed by atoms with Gasteiger partial charge in [0.15, 0.2) is 4.90 Å². The third kappa shape index (κ3) is 5.72. The second kappa shape index (κ2) is 9.79. The summed E-state index contributed by atoms with van der Waals surface area (Å²) in [4.78, 5) is 15.3. The molecule has 2 heterocycles. The Balaban J connectivity index is 1.18. The number of hydrogen-bond acceptors (Lipinski definition) is 5. The molecule has 2 fully saturated rings. The van der Waals surface area contributed by atoms with Gasteiger partial charge >= 0.3 is 6.03 Å². The zero-order valence-corrected chi connectivity index (χ0v) is 19.0. The summed E-state index contributed by atoms with van der Waals surface area (Å²) in [5.41, 5.74) is 1.01. The number of benzene rings is 1. The SMILES string of the molecule is Cn1nc(C2CC2)cc1NC(=O)N[C@H](CO)CCN1CC([S+]([O-])c2ccc(Cl)cc2)C1. The Morgan fingerprint density at radius 2 is 2.06 bits per heavy atom. The predicted octanol–water partition coefficient (Wildman–Crippen LogP) is 2.32. The number of aromatic nitrogens is 2. The molecule has 0 radical (unpaired) electrons. The van der Waals surface area contributed by atoms with Gasteiger partial charge in [-0.1, -0.05) is 11.6 Å². The van der Waals surface area contributed by atoms with Crippen molar-refractivity contribution in [3.05, 3.63) is 41.0 Å². The van der Waals surface area contributed by atoms with E-state index in [0.29, 0.717) is 23.2 Å². The van der Waals surface area contributed by atoms with Crippen LogP contribution in [0.15, 0.2) is 35.2 Å². The lowest BCUT2D eigenvalue weighted by molar-refractivity contribution is 0.160. The van der Waals surface area contributed by atoms with Gasteiger partial charge in [0.25, 0.3) is 0 Å². The van der Waals surface area contributed by atoms with Crippen molar-refractivity contribution in [3.63, 3.8) is 0 Å². The molecule has 2 aromatic rings. The minimum absolute atomic E-state index is 0.0931. The first kappa shape index (κ1) is 22.4. The fourth-order valence-corrected chi connectivity index (χ4v) is 5.28. The molecule has 1 aromatic carbocycles. The van der Waals surface area contributed by atoms with Crippen molar-refractivity contribution in [2.75, 3.05) is 31.6 Å². The van der Waals surface area contributed by atoms with Crippen LogP contribution in [0.4, 0.5) is 10.6 Å². The summed E-state index contributed by atoms with van der Waals surface area (Å²) in [5, 5.41) is 20.5. The number of anilines is 1. The molecule has 1 saturated heterocycles. The molecule has 3 N–H and O–H groups in total. The van der Waals surface area contributed by atoms with E-state index in [1.165, 1.54) is 0 Å². The minimum Gasteiger partial charge on any atom is -0.611 e. The number of nitrogens with zero attached hydrogens (tertiary/aromatic N) is 3. The van der Waals surface area contributed by atoms with E-state index in [-0.39, 0.29) is 23.9 Å². The summed E-state index contributed by atoms with van der Waals surface area (Å²) in [7, 11) is 1.80. The van der Waals surface area contributed by atoms with E-state index >= 15 is 0 Å². The van der Waals surface area contributed by atoms with Crippen molar-refractivity contribution < 1.29 is 14.5 Å². The normalized spacial score (nSPS) is 19.0. The number of aryl methyl sites for hydroxylation is 1. The van der Waals surface area contributed by atoms with E-state index in [1.807, 2.05) is 6.07 Å². The second-order valence-electron chi connectivity index (χ2n) is 8.25. The van der Waals surface area contributed by atoms with E-state index in [0.717, 1.165) is 43.1 Å². The van der Waals surface area contributed by atoms with Crippen LogP contribution in [-0.2, 0) is 18.2 Å². The van der Waals surface area contributed by atoms with Crippen molar-refractivity contribution in [1.82, 2.24) is 20.0 Å². The van der Waals surface area contributed by atoms with E-state index in [9.17, 15) is 14.5 Å². The standard InChI is InChI=1S/C21H28ClN5O3S/c1-26-20(10-19(25-26)14-2-3-14)24-21(29)23-16(13-28)8-9-27-11-18(12-27)31(30)17-6-4-15(22)5-7-17/h4-7,10,14,16,18,28H,2-3,8-9,11-13H2,1H3,(H2,23,24,29)/t16-,31?/m0/s1. The Morgan fingerprint density at radius 1 is 1.35 bits per heavy atom. The van der Waals surface area contributed by atoms with E-state index < -0.39 is 11.2 Å². The summed E-state index contributed by atoms with van der Waals surface area (Å²) < 4.78 is 14.3. The fraction of sp³-hybridized carbons (Fsp3) is 0.524. The topological polar surface area (TPSA) is 105 Å². The van der Waals surface area contributed by atoms with Crippen LogP contribution in [0.5, 0.6) is 0 Å². The smallest absolute Gasteiger partial charge is 0.320 e. The summed E-state index contributed by atoms with van der Waals surface area (Å²) in [5.74, 6) is 1.16. The maximum atomic E-state index is 12.6. The lowest BCUT2D eigenvalue weighted by atomic mass is 10.1. The number of carbonyl (C=O) groups is 1. The Labute approximate surface area is 190 Å². The zero-order valence-electron chi connectivity index (χ0n) is 17.5. The summed E-state index contributed by atoms with van der Waals surface area (Å²) in [6, 6.07) is 8.33. The lowest BCUT2D eigenvalue weighted by Crippen LogP contribution is -2.55. The average molecular weight is 466 g/mol. The number of halogens is 1. The van der Waals surface area contributed by atoms with Gasteiger partial charge < -0.3 is 15.0 Å². The van der Waals surface area contributed by atoms with Crippen LogP contribution in [0, 0.1) is 0 Å². The van der Waals surface area contributed by atoms with Gasteiger partial charge in [0, 0.05) is 43.7 Å². The first-order valence-electron chi connectivity index (χ1n) is 10.5. The third-order valence-electron chi connectivity index (χ3n) is 5.76. The molecular formula is C21H28ClN5O3S. The number of urea groups is 1. The van der Waals surface area contributed by atoms with Crippen LogP contribution in [0.3, 0.4) is 0 Å². The molecule has 1 aliphatic carbocycles. The Hall–Kier alpha value is -1.78. The number of aliphatic hydroxyl groups is 1. The number of rotatable bonds is 9. The molecule has 1 saturated carbocycles. The monoisotopic (exact) mass is 465 g/mol. The predicted molar refractivity (Wildman–Crippen MR) is 121 cm³/mol. The van der Waals surface area contributed by atoms with E-state index in [2.05, 4.69) is 20.6 Å². The van der Waals surface area contributed by atoms with Crippen LogP contribution in [0.1, 0.15) is 30.9 Å². The maximum absolute atomic E-state index is 12.6. The molecule has 0 spiro atoms. The number of nitrogens with one attached hydrogen (secondary N) is 2. The first-order chi connectivity index (χ1) is 14.9. The number of amides is 2. The van der Waals surface area contributed by atoms with Crippen LogP contribution in [0.2, 0.25) is 5.02 Å². The van der Waals surface area contributed by atoms with Crippen molar-refractivity contribution in [2.45, 2.75) is 41.4 Å². The Bertz CT molecular complexity index is 899. The number of likely N-dealkylation sites (tertiary alicyclic amines) is 1. The van der Waals surface area contributed by atoms with Crippen LogP contribution in [-0.4, -0.2) is 67.9 Å². The highest BCUT2D eigenvalue weighted by atomic mass is 35.5. The molecule has 168 valence electrons. The summed E-state index contributed by atoms with van der Waals surface area (Å²) >= 11 is 4.83. The molecular weight excluding hydrogens is 438 g/mol. The van der Waals surface area contributed by atoms with Crippen molar-refractivity contribution >= 4 is 34.6 Å². The van der Waals surface area contributed by atoms with Gasteiger partial charge in [-0.15, -0.1) is 0 Å². The molecule has 31 heavy (non-hydrogen) atoms. The molecule has 1 unspecified atom stereocenters. The van der Waals surface area contributed by atoms with Gasteiger partial charge in [0.2, 0.25) is 0 Å². The molecule has 2 aliphatic rings. The van der Waals surface area contributed by atoms with Gasteiger partial charge in [-0.05, 0) is 54.7 Å². The lowest BCUT2D eigenvalue weighted by Gasteiger charge is -2.39. The van der Waals surface area contributed by atoms with Gasteiger partial charge in [0.1, 0.15) is 11.1 Å². The number of hydrogen-bond donors (Lipinski definition) is 3. The highest BCUT2D eigenvalue weighted by molar-refractivity contribution is 7.92. The maximum Gasteiger partial charge on any atom is 0.320 e. The van der Waals surface area contributed by atoms with Crippen molar-refractivity contribution in [1.29, 1.82) is 0 Å². The Morgan fingerprint density at radius 3 is 2.71 bits per heavy atom. The highest BCUT2D eigenvalue weighted by Gasteiger charge is 2.37. The number of carbonyl (C=O) groups excluding carboxylic acids is 1. The molecule has 2 atom stereocenters. The van der Waals surface area contributed by atoms with Crippen LogP contribution < -0.4 is 10.6 Å². The van der Waals surface area contributed by atoms with Gasteiger partial charge in [-0.2, -0.15) is 5.10 Å². The molecule has 0 bridgehead atoms. The zero-order chi connectivity index (χ0) is 22.0. The molecule has 8 nitrogen and oxygen atoms in total. The highest BCUT2D eigenvalue weighted by Crippen LogP contribution is 2.39. The van der Waals surface area contributed by atoms with Gasteiger partial charge in [0.05, 0.1) is 18.3 Å². The van der Waals surface area contributed by atoms with Crippen molar-refractivity contribution in [2.24, 2.45) is 7.05 Å². The van der Waals surface area contributed by atoms with E-state index in [4.69, 9.17) is 11.6 Å². The van der Waals surface area contributed by atoms with E-state index in [1.54, 1.807) is 36.0 Å². The molecule has 1 aromatic heterocycles. The Kier molecular flexibility index (Phi) is 7.08. The number of aliphatic hydroxyl groups excluding tert-OH is 1. The summed E-state index contributed by atoms with van der Waals surface area (Å²) in [6.07, 6.45) is 2.92. The third-order valence-corrected chi connectivity index (χ3v) is 7.65. The average Bonchev–Trinajstić information content (AvgIpc) is 3.50.